The molecule has 4 aliphatic rings. The summed E-state index contributed by atoms with van der Waals surface area (Å²) in [5, 5.41) is 91.3. The number of imidazole rings is 4. The van der Waals surface area contributed by atoms with Gasteiger partial charge in [0.25, 0.3) is 17.7 Å². The Bertz CT molecular complexity index is 5040. The Morgan fingerprint density at radius 2 is 0.820 bits per heavy atom. The number of nitrogen functional groups attached to an aromatic ring is 4. The third kappa shape index (κ3) is 16.6. The van der Waals surface area contributed by atoms with Gasteiger partial charge in [-0.25, -0.2) is 49.2 Å². The van der Waals surface area contributed by atoms with E-state index in [1.807, 2.05) is 19.9 Å². The molecule has 111 heavy (non-hydrogen) atoms. The lowest BCUT2D eigenvalue weighted by molar-refractivity contribution is -0.125. The van der Waals surface area contributed by atoms with Crippen LogP contribution in [0.4, 0.5) is 27.3 Å². The average Bonchev–Trinajstić information content (AvgIpc) is 1.64. The van der Waals surface area contributed by atoms with Crippen LogP contribution in [0.3, 0.4) is 0 Å². The summed E-state index contributed by atoms with van der Waals surface area (Å²) in [6, 6.07) is 21.0. The Kier molecular flexibility index (Phi) is 25.3. The minimum atomic E-state index is -1.18. The molecule has 0 spiro atoms. The molecule has 4 saturated heterocycles. The first-order valence-corrected chi connectivity index (χ1v) is 34.3. The molecule has 22 N–H and O–H groups in total. The number of ether oxygens (including phenoxy) is 5. The van der Waals surface area contributed by atoms with Gasteiger partial charge in [-0.2, -0.15) is 0 Å². The topological polar surface area (TPSA) is 590 Å². The number of benzene rings is 3. The maximum Gasteiger partial charge on any atom is 0.251 e. The summed E-state index contributed by atoms with van der Waals surface area (Å²) in [4.78, 5) is 88.0. The van der Waals surface area contributed by atoms with E-state index in [0.29, 0.717) is 78.6 Å². The summed E-state index contributed by atoms with van der Waals surface area (Å²) in [5.41, 5.74) is 35.3. The van der Waals surface area contributed by atoms with E-state index in [0.717, 1.165) is 0 Å². The zero-order valence-corrected chi connectivity index (χ0v) is 58.9. The van der Waals surface area contributed by atoms with Crippen molar-refractivity contribution in [1.29, 1.82) is 0 Å². The third-order valence-electron chi connectivity index (χ3n) is 18.9. The number of hydrogen-bond donors (Lipinski definition) is 17. The van der Waals surface area contributed by atoms with E-state index in [1.165, 1.54) is 75.4 Å². The highest BCUT2D eigenvalue weighted by molar-refractivity contribution is 5.96. The van der Waals surface area contributed by atoms with E-state index in [2.05, 4.69) is 66.1 Å². The van der Waals surface area contributed by atoms with E-state index in [1.54, 1.807) is 91.2 Å². The number of nitrogens with one attached hydrogen (secondary N) is 4. The number of carbonyl (C=O) groups is 4. The minimum absolute atomic E-state index is 0. The molecule has 5 unspecified atom stereocenters. The standard InChI is InChI=1S/C18H18FN5O4.C18H20N6O5.C18H19N5O4.C16H24N6O4.CH4/c19-10-3-1-9(2-4-10)17(27)23-14-15(26)12(7-25)28-18(14)24-8-22-13-11(20)5-6-21-16(13)24;1-28-10-4-2-3-9(5-10)17(27)23-12-14(26)11(6-25)29-18(12)24-8-22-13-15(19)20-7-21-16(13)24;19-11-6-7-20-16-13(11)21-9-23(16)18-14(15(25)12(8-24)27-18)22-17(26)10-4-2-1-3-5-10;1-7(2)10(18)15(25)21-12-13(24)9(5-23)26-16(12)22-6-20-11-8(17)3-4-19-14(11)22;/h1-6,8,12,14-15,18,25-26H,7H2,(H2,20,21)(H,23,27);2-5,7-8,11-12,14,18,25-26H,6H2,1H3,(H,23,27)(H2,19,20,21);1-7,9,12,14-15,18,24-25H,8H2,(H2,19,20)(H,22,26);3-4,6-7,9-10,12-13,16,23-24H,5,18H2,1-2H3,(H2,17,19)(H,21,25);1H4/t12-,14+,15?,18-;11-,12+,14?,18-;12-,14+,15?,18-;9-,10?,12+,13?,16-;/m1111./s1. The second-order valence-corrected chi connectivity index (χ2v) is 26.1. The number of nitrogens with zero attached hydrogens (tertiary/aromatic N) is 13. The molecule has 3 aromatic carbocycles. The van der Waals surface area contributed by atoms with Crippen molar-refractivity contribution < 1.29 is 88.1 Å². The summed E-state index contributed by atoms with van der Waals surface area (Å²) in [6.07, 6.45) is 0.288. The summed E-state index contributed by atoms with van der Waals surface area (Å²) >= 11 is 0. The second-order valence-electron chi connectivity index (χ2n) is 26.1. The van der Waals surface area contributed by atoms with Gasteiger partial charge in [-0.05, 0) is 78.7 Å². The fourth-order valence-corrected chi connectivity index (χ4v) is 12.9. The molecule has 40 heteroatoms. The molecule has 0 saturated carbocycles. The highest BCUT2D eigenvalue weighted by atomic mass is 19.1. The summed E-state index contributed by atoms with van der Waals surface area (Å²) in [5.74, 6) is -1.53. The number of aromatic nitrogens is 13. The third-order valence-corrected chi connectivity index (χ3v) is 18.9. The Hall–Kier alpha value is -11.6. The number of hydrogen-bond acceptors (Lipinski definition) is 31. The number of nitrogens with two attached hydrogens (primary N) is 5. The van der Waals surface area contributed by atoms with Crippen molar-refractivity contribution in [2.24, 2.45) is 11.7 Å². The van der Waals surface area contributed by atoms with E-state index < -0.39 is 154 Å². The first-order chi connectivity index (χ1) is 53.0. The van der Waals surface area contributed by atoms with Crippen LogP contribution < -0.4 is 54.7 Å². The quantitative estimate of drug-likeness (QED) is 0.0495. The zero-order valence-electron chi connectivity index (χ0n) is 58.9. The molecule has 11 aromatic rings. The molecule has 17 atom stereocenters. The van der Waals surface area contributed by atoms with Gasteiger partial charge in [0.15, 0.2) is 53.3 Å². The van der Waals surface area contributed by atoms with Crippen LogP contribution in [0, 0.1) is 11.7 Å². The number of pyridine rings is 3. The van der Waals surface area contributed by atoms with Crippen molar-refractivity contribution in [2.75, 3.05) is 56.5 Å². The smallest absolute Gasteiger partial charge is 0.251 e. The summed E-state index contributed by atoms with van der Waals surface area (Å²) < 4.78 is 47.6. The number of rotatable bonds is 18. The van der Waals surface area contributed by atoms with Gasteiger partial charge >= 0.3 is 0 Å². The molecule has 0 bridgehead atoms. The Morgan fingerprint density at radius 3 is 1.20 bits per heavy atom. The zero-order chi connectivity index (χ0) is 78.4. The fraction of sp³-hybridized carbons (Fsp3) is 0.366. The predicted octanol–water partition coefficient (Wildman–Crippen LogP) is -0.901. The molecule has 4 fully saturated rings. The average molecular weight is 1540 g/mol. The van der Waals surface area contributed by atoms with E-state index in [-0.39, 0.29) is 30.6 Å². The van der Waals surface area contributed by atoms with Crippen LogP contribution >= 0.6 is 0 Å². The van der Waals surface area contributed by atoms with Crippen LogP contribution in [0.5, 0.6) is 5.75 Å². The monoisotopic (exact) mass is 1540 g/mol. The largest absolute Gasteiger partial charge is 0.497 e. The summed E-state index contributed by atoms with van der Waals surface area (Å²) in [6.45, 7) is 2.00. The molecule has 12 heterocycles. The predicted molar refractivity (Wildman–Crippen MR) is 395 cm³/mol. The molecule has 588 valence electrons. The maximum atomic E-state index is 13.1. The molecule has 15 rings (SSSR count). The number of carbonyl (C=O) groups excluding carboxylic acids is 4. The lowest BCUT2D eigenvalue weighted by Gasteiger charge is -2.25. The van der Waals surface area contributed by atoms with Crippen molar-refractivity contribution in [2.45, 2.75) is 125 Å². The lowest BCUT2D eigenvalue weighted by atomic mass is 10.0. The molecule has 0 aliphatic carbocycles. The van der Waals surface area contributed by atoms with Gasteiger partial charge in [-0.15, -0.1) is 0 Å². The number of aliphatic hydroxyl groups is 8. The van der Waals surface area contributed by atoms with Gasteiger partial charge in [-0.3, -0.25) is 37.4 Å². The highest BCUT2D eigenvalue weighted by Gasteiger charge is 2.50. The number of aliphatic hydroxyl groups excluding tert-OH is 8. The molecular formula is C71H85FN22O17. The molecule has 8 aromatic heterocycles. The van der Waals surface area contributed by atoms with E-state index >= 15 is 0 Å². The first kappa shape index (κ1) is 80.4. The molecule has 4 aliphatic heterocycles. The normalized spacial score (nSPS) is 24.9. The van der Waals surface area contributed by atoms with Crippen molar-refractivity contribution in [3.63, 3.8) is 0 Å². The minimum Gasteiger partial charge on any atom is -0.497 e. The number of amides is 4. The van der Waals surface area contributed by atoms with Gasteiger partial charge < -0.3 is 114 Å². The SMILES string of the molecule is C.CC(C)C(N)C(=O)N[C@H]1C(O)[C@@H](CO)O[C@H]1n1cnc2c(N)ccnc21.COc1cccc(C(=O)N[C@H]2C(O)[C@@H](CO)O[C@H]2n2cnc3c(N)ncnc32)c1.Nc1ccnc2c1ncn2[C@@H]1O[C@H](CO)C(O)[C@@H]1NC(=O)c1ccc(F)cc1.Nc1ccnc2c1ncn2[C@@H]1O[C@H](CO)C(O)[C@@H]1NC(=O)c1ccccc1. The Balaban J connectivity index is 0.000000146. The van der Waals surface area contributed by atoms with Gasteiger partial charge in [0.2, 0.25) is 5.91 Å². The van der Waals surface area contributed by atoms with Crippen LogP contribution in [0.15, 0.2) is 147 Å². The van der Waals surface area contributed by atoms with Crippen LogP contribution in [0.2, 0.25) is 0 Å². The number of methoxy groups -OCH3 is 1. The van der Waals surface area contributed by atoms with Crippen LogP contribution in [-0.4, -0.2) is 240 Å². The van der Waals surface area contributed by atoms with Crippen LogP contribution in [0.25, 0.3) is 44.7 Å². The Morgan fingerprint density at radius 1 is 0.468 bits per heavy atom. The number of fused-ring (bicyclic) bond motifs is 4. The second kappa shape index (κ2) is 34.9. The van der Waals surface area contributed by atoms with Crippen LogP contribution in [0.1, 0.15) is 77.3 Å². The maximum absolute atomic E-state index is 13.1. The fourth-order valence-electron chi connectivity index (χ4n) is 12.9. The van der Waals surface area contributed by atoms with Crippen molar-refractivity contribution in [3.05, 3.63) is 170 Å². The van der Waals surface area contributed by atoms with E-state index in [4.69, 9.17) is 52.4 Å². The van der Waals surface area contributed by atoms with Gasteiger partial charge in [-0.1, -0.05) is 45.5 Å². The number of anilines is 4. The van der Waals surface area contributed by atoms with Gasteiger partial charge in [0, 0.05) is 35.3 Å². The van der Waals surface area contributed by atoms with Gasteiger partial charge in [0.05, 0.1) is 82.0 Å². The molecule has 39 nitrogen and oxygen atoms in total. The van der Waals surface area contributed by atoms with Crippen LogP contribution in [-0.2, 0) is 23.7 Å². The first-order valence-electron chi connectivity index (χ1n) is 34.3. The molecule has 0 radical (unpaired) electrons. The van der Waals surface area contributed by atoms with Crippen molar-refractivity contribution in [3.8, 4) is 5.75 Å². The Labute approximate surface area is 630 Å². The number of halogens is 1. The lowest BCUT2D eigenvalue weighted by Crippen LogP contribution is -2.53. The molecule has 4 amide bonds. The molecular weight excluding hydrogens is 1450 g/mol. The van der Waals surface area contributed by atoms with E-state index in [9.17, 15) is 64.4 Å². The van der Waals surface area contributed by atoms with Crippen molar-refractivity contribution >= 4 is 91.2 Å². The summed E-state index contributed by atoms with van der Waals surface area (Å²) in [7, 11) is 1.51. The van der Waals surface area contributed by atoms with Gasteiger partial charge in [0.1, 0.15) is 113 Å². The van der Waals surface area contributed by atoms with Crippen molar-refractivity contribution in [1.82, 2.24) is 84.4 Å². The highest BCUT2D eigenvalue weighted by Crippen LogP contribution is 2.37.